The maximum absolute atomic E-state index is 2.53. The van der Waals surface area contributed by atoms with Crippen LogP contribution in [0.5, 0.6) is 0 Å². The van der Waals surface area contributed by atoms with Crippen molar-refractivity contribution < 1.29 is 0 Å². The third-order valence-corrected chi connectivity index (χ3v) is 8.76. The molecule has 0 aliphatic heterocycles. The number of hydrogen-bond acceptors (Lipinski definition) is 0. The Labute approximate surface area is 98.5 Å². The van der Waals surface area contributed by atoms with Gasteiger partial charge in [-0.3, -0.25) is 0 Å². The summed E-state index contributed by atoms with van der Waals surface area (Å²) in [6, 6.07) is 0. The first-order valence-corrected chi connectivity index (χ1v) is 9.28. The van der Waals surface area contributed by atoms with Crippen LogP contribution in [0.1, 0.15) is 47.0 Å². The minimum absolute atomic E-state index is 0.313. The van der Waals surface area contributed by atoms with Gasteiger partial charge in [0.2, 0.25) is 0 Å². The molecule has 0 aromatic rings. The van der Waals surface area contributed by atoms with Crippen LogP contribution >= 0.6 is 10.0 Å². The molecule has 0 amide bonds. The Balaban J connectivity index is 2.19. The molecule has 0 radical (unpaired) electrons. The van der Waals surface area contributed by atoms with Gasteiger partial charge in [-0.05, 0) is 60.5 Å². The molecule has 1 aliphatic carbocycles. The van der Waals surface area contributed by atoms with Crippen LogP contribution in [0.3, 0.4) is 0 Å². The van der Waals surface area contributed by atoms with Crippen molar-refractivity contribution in [1.29, 1.82) is 0 Å². The second-order valence-electron chi connectivity index (χ2n) is 6.07. The first-order valence-electron chi connectivity index (χ1n) is 6.60. The lowest BCUT2D eigenvalue weighted by Crippen LogP contribution is -2.15. The van der Waals surface area contributed by atoms with Gasteiger partial charge in [-0.2, -0.15) is 0 Å². The lowest BCUT2D eigenvalue weighted by Gasteiger charge is -2.37. The summed E-state index contributed by atoms with van der Waals surface area (Å²) in [6.07, 6.45) is 9.39. The highest BCUT2D eigenvalue weighted by Crippen LogP contribution is 2.51. The van der Waals surface area contributed by atoms with Crippen LogP contribution in [0.4, 0.5) is 0 Å². The van der Waals surface area contributed by atoms with Crippen LogP contribution in [-0.2, 0) is 0 Å². The number of rotatable bonds is 6. The van der Waals surface area contributed by atoms with Gasteiger partial charge in [-0.15, -0.1) is 0 Å². The lowest BCUT2D eigenvalue weighted by atomic mass is 10.2. The summed E-state index contributed by atoms with van der Waals surface area (Å²) in [5.74, 6) is 4.60. The Hall–Kier alpha value is 0.350. The fourth-order valence-electron chi connectivity index (χ4n) is 2.63. The molecule has 0 N–H and O–H groups in total. The first kappa shape index (κ1) is 13.4. The molecule has 0 heterocycles. The zero-order valence-corrected chi connectivity index (χ0v) is 12.4. The van der Waals surface area contributed by atoms with Crippen LogP contribution < -0.4 is 0 Å². The van der Waals surface area contributed by atoms with Gasteiger partial charge in [0, 0.05) is 0 Å². The zero-order chi connectivity index (χ0) is 11.6. The Morgan fingerprint density at radius 2 is 1.67 bits per heavy atom. The molecule has 3 unspecified atom stereocenters. The molecule has 1 saturated carbocycles. The molecule has 0 spiro atoms. The van der Waals surface area contributed by atoms with E-state index in [-0.39, 0.29) is 10.0 Å². The van der Waals surface area contributed by atoms with E-state index in [1.54, 1.807) is 0 Å². The predicted molar refractivity (Wildman–Crippen MR) is 75.1 cm³/mol. The molecule has 92 valence electrons. The van der Waals surface area contributed by atoms with E-state index in [4.69, 9.17) is 0 Å². The van der Waals surface area contributed by atoms with Gasteiger partial charge < -0.3 is 0 Å². The Morgan fingerprint density at radius 1 is 1.13 bits per heavy atom. The van der Waals surface area contributed by atoms with Gasteiger partial charge >= 0.3 is 0 Å². The summed E-state index contributed by atoms with van der Waals surface area (Å²) < 4.78 is 0. The highest BCUT2D eigenvalue weighted by atomic mass is 32.3. The second kappa shape index (κ2) is 5.12. The predicted octanol–water partition coefficient (Wildman–Crippen LogP) is 4.53. The smallest absolute Gasteiger partial charge is 0.0148 e. The van der Waals surface area contributed by atoms with Crippen LogP contribution in [0.25, 0.3) is 0 Å². The molecule has 3 atom stereocenters. The second-order valence-corrected chi connectivity index (χ2v) is 10.5. The fraction of sp³-hybridized carbons (Fsp3) is 1.00. The topological polar surface area (TPSA) is 0 Å². The first-order chi connectivity index (χ1) is 6.90. The molecular formula is C14H30S. The van der Waals surface area contributed by atoms with Crippen LogP contribution in [0.15, 0.2) is 0 Å². The molecule has 15 heavy (non-hydrogen) atoms. The monoisotopic (exact) mass is 230 g/mol. The van der Waals surface area contributed by atoms with Gasteiger partial charge in [0.1, 0.15) is 0 Å². The van der Waals surface area contributed by atoms with Gasteiger partial charge in [0.25, 0.3) is 0 Å². The average molecular weight is 230 g/mol. The summed E-state index contributed by atoms with van der Waals surface area (Å²) >= 11 is 0. The summed E-state index contributed by atoms with van der Waals surface area (Å²) in [6.45, 7) is 9.62. The van der Waals surface area contributed by atoms with Crippen molar-refractivity contribution in [1.82, 2.24) is 0 Å². The van der Waals surface area contributed by atoms with Gasteiger partial charge in [-0.1, -0.05) is 27.7 Å². The van der Waals surface area contributed by atoms with Crippen molar-refractivity contribution in [3.63, 3.8) is 0 Å². The highest BCUT2D eigenvalue weighted by Gasteiger charge is 2.41. The maximum atomic E-state index is 2.53. The highest BCUT2D eigenvalue weighted by molar-refractivity contribution is 8.33. The van der Waals surface area contributed by atoms with Crippen molar-refractivity contribution in [2.45, 2.75) is 52.2 Å². The van der Waals surface area contributed by atoms with E-state index in [9.17, 15) is 0 Å². The van der Waals surface area contributed by atoms with Crippen LogP contribution in [0, 0.1) is 17.8 Å². The maximum Gasteiger partial charge on any atom is -0.0148 e. The van der Waals surface area contributed by atoms with Gasteiger partial charge in [0.15, 0.2) is 0 Å². The van der Waals surface area contributed by atoms with Gasteiger partial charge in [0.05, 0.1) is 0 Å². The Bertz CT molecular complexity index is 190. The Kier molecular flexibility index (Phi) is 4.58. The molecule has 1 aliphatic rings. The van der Waals surface area contributed by atoms with E-state index in [0.717, 1.165) is 23.0 Å². The van der Waals surface area contributed by atoms with E-state index in [0.29, 0.717) is 0 Å². The third kappa shape index (κ3) is 3.41. The molecule has 0 aromatic carbocycles. The third-order valence-electron chi connectivity index (χ3n) is 4.91. The standard InChI is InChI=1S/C14H30S/c1-7-11(2)15(5,6)10-8-9-14-12(3)13(14)4/h11-14H,7-10H2,1-6H3. The van der Waals surface area contributed by atoms with Crippen LogP contribution in [0.2, 0.25) is 0 Å². The summed E-state index contributed by atoms with van der Waals surface area (Å²) in [4.78, 5) is 0. The lowest BCUT2D eigenvalue weighted by molar-refractivity contribution is 0.644. The molecule has 0 saturated heterocycles. The van der Waals surface area contributed by atoms with Crippen molar-refractivity contribution >= 4 is 10.0 Å². The van der Waals surface area contributed by atoms with Crippen molar-refractivity contribution in [2.75, 3.05) is 18.3 Å². The van der Waals surface area contributed by atoms with Gasteiger partial charge in [-0.25, -0.2) is 10.0 Å². The van der Waals surface area contributed by atoms with E-state index >= 15 is 0 Å². The average Bonchev–Trinajstić information content (AvgIpc) is 2.74. The largest absolute Gasteiger partial charge is 0.244 e. The molecule has 0 nitrogen and oxygen atoms in total. The summed E-state index contributed by atoms with van der Waals surface area (Å²) in [5, 5.41) is 0.951. The molecular weight excluding hydrogens is 200 g/mol. The van der Waals surface area contributed by atoms with Crippen LogP contribution in [-0.4, -0.2) is 23.5 Å². The molecule has 0 aromatic heterocycles. The quantitative estimate of drug-likeness (QED) is 0.629. The van der Waals surface area contributed by atoms with E-state index in [1.807, 2.05) is 0 Å². The SMILES string of the molecule is CCC(C)S(C)(C)CCCC1C(C)C1C. The zero-order valence-electron chi connectivity index (χ0n) is 11.5. The number of hydrogen-bond donors (Lipinski definition) is 0. The Morgan fingerprint density at radius 3 is 2.07 bits per heavy atom. The van der Waals surface area contributed by atoms with E-state index in [2.05, 4.69) is 40.2 Å². The molecule has 1 rings (SSSR count). The van der Waals surface area contributed by atoms with Crippen molar-refractivity contribution in [3.8, 4) is 0 Å². The fourth-order valence-corrected chi connectivity index (χ4v) is 4.85. The molecule has 1 heteroatoms. The van der Waals surface area contributed by atoms with E-state index < -0.39 is 0 Å². The summed E-state index contributed by atoms with van der Waals surface area (Å²) in [7, 11) is -0.313. The molecule has 0 bridgehead atoms. The van der Waals surface area contributed by atoms with E-state index in [1.165, 1.54) is 25.0 Å². The van der Waals surface area contributed by atoms with Crippen molar-refractivity contribution in [2.24, 2.45) is 17.8 Å². The minimum Gasteiger partial charge on any atom is -0.244 e. The normalized spacial score (nSPS) is 33.9. The van der Waals surface area contributed by atoms with Crippen molar-refractivity contribution in [3.05, 3.63) is 0 Å². The molecule has 1 fully saturated rings. The minimum atomic E-state index is -0.313. The summed E-state index contributed by atoms with van der Waals surface area (Å²) in [5.41, 5.74) is 0.